The van der Waals surface area contributed by atoms with Crippen LogP contribution in [0.5, 0.6) is 0 Å². The minimum Gasteiger partial charge on any atom is -0.354 e. The van der Waals surface area contributed by atoms with Gasteiger partial charge in [-0.2, -0.15) is 0 Å². The molecule has 0 aliphatic carbocycles. The molecule has 0 saturated carbocycles. The van der Waals surface area contributed by atoms with Crippen LogP contribution in [-0.2, 0) is 0 Å². The predicted molar refractivity (Wildman–Crippen MR) is 121 cm³/mol. The molecule has 2 heteroatoms. The van der Waals surface area contributed by atoms with Gasteiger partial charge < -0.3 is 10.6 Å². The molecule has 28 heavy (non-hydrogen) atoms. The average molecular weight is 364 g/mol. The van der Waals surface area contributed by atoms with Gasteiger partial charge in [-0.3, -0.25) is 0 Å². The molecule has 0 aromatic heterocycles. The van der Waals surface area contributed by atoms with Crippen LogP contribution in [0.1, 0.15) is 11.1 Å². The Morgan fingerprint density at radius 2 is 1.18 bits per heavy atom. The number of nitrogens with one attached hydrogen (secondary N) is 2. The third-order valence-electron chi connectivity index (χ3n) is 4.94. The van der Waals surface area contributed by atoms with Crippen molar-refractivity contribution in [1.82, 2.24) is 0 Å². The molecule has 0 aliphatic rings. The summed E-state index contributed by atoms with van der Waals surface area (Å²) in [7, 11) is 0. The second-order valence-corrected chi connectivity index (χ2v) is 7.01. The number of anilines is 4. The van der Waals surface area contributed by atoms with Gasteiger partial charge in [-0.25, -0.2) is 0 Å². The van der Waals surface area contributed by atoms with Crippen molar-refractivity contribution in [1.29, 1.82) is 0 Å². The second-order valence-electron chi connectivity index (χ2n) is 7.01. The zero-order valence-electron chi connectivity index (χ0n) is 16.2. The van der Waals surface area contributed by atoms with Crippen molar-refractivity contribution in [3.05, 3.63) is 108 Å². The average Bonchev–Trinajstić information content (AvgIpc) is 2.72. The zero-order chi connectivity index (χ0) is 19.3. The summed E-state index contributed by atoms with van der Waals surface area (Å²) in [5.74, 6) is 0. The third kappa shape index (κ3) is 3.91. The van der Waals surface area contributed by atoms with E-state index in [0.29, 0.717) is 0 Å². The van der Waals surface area contributed by atoms with Gasteiger partial charge >= 0.3 is 0 Å². The topological polar surface area (TPSA) is 24.1 Å². The number of para-hydroxylation sites is 2. The summed E-state index contributed by atoms with van der Waals surface area (Å²) in [5, 5.41) is 7.17. The van der Waals surface area contributed by atoms with Gasteiger partial charge in [0.1, 0.15) is 0 Å². The fraction of sp³-hybridized carbons (Fsp3) is 0.0769. The van der Waals surface area contributed by atoms with Crippen molar-refractivity contribution >= 4 is 22.7 Å². The van der Waals surface area contributed by atoms with Crippen molar-refractivity contribution in [3.8, 4) is 11.1 Å². The molecule has 4 rings (SSSR count). The maximum Gasteiger partial charge on any atom is 0.0629 e. The van der Waals surface area contributed by atoms with Crippen LogP contribution in [0, 0.1) is 13.8 Å². The van der Waals surface area contributed by atoms with E-state index in [1.165, 1.54) is 22.3 Å². The van der Waals surface area contributed by atoms with Crippen molar-refractivity contribution in [3.63, 3.8) is 0 Å². The molecule has 0 saturated heterocycles. The van der Waals surface area contributed by atoms with Gasteiger partial charge in [-0.15, -0.1) is 0 Å². The number of hydrogen-bond donors (Lipinski definition) is 2. The van der Waals surface area contributed by atoms with Crippen molar-refractivity contribution in [2.45, 2.75) is 13.8 Å². The highest BCUT2D eigenvalue weighted by atomic mass is 15.0. The van der Waals surface area contributed by atoms with Gasteiger partial charge in [0.2, 0.25) is 0 Å². The van der Waals surface area contributed by atoms with Gasteiger partial charge in [0, 0.05) is 11.4 Å². The Morgan fingerprint density at radius 3 is 1.93 bits per heavy atom. The Hall–Kier alpha value is -3.52. The third-order valence-corrected chi connectivity index (χ3v) is 4.94. The normalized spacial score (nSPS) is 10.5. The van der Waals surface area contributed by atoms with E-state index in [9.17, 15) is 0 Å². The first-order chi connectivity index (χ1) is 13.7. The van der Waals surface area contributed by atoms with E-state index in [1.54, 1.807) is 0 Å². The number of benzene rings is 4. The highest BCUT2D eigenvalue weighted by Crippen LogP contribution is 2.34. The number of rotatable bonds is 5. The predicted octanol–water partition coefficient (Wildman–Crippen LogP) is 7.46. The lowest BCUT2D eigenvalue weighted by molar-refractivity contribution is 1.42. The van der Waals surface area contributed by atoms with Crippen LogP contribution < -0.4 is 10.6 Å². The van der Waals surface area contributed by atoms with Gasteiger partial charge in [0.05, 0.1) is 11.4 Å². The van der Waals surface area contributed by atoms with Crippen molar-refractivity contribution < 1.29 is 0 Å². The highest BCUT2D eigenvalue weighted by Gasteiger charge is 2.09. The molecule has 0 heterocycles. The molecular weight excluding hydrogens is 340 g/mol. The summed E-state index contributed by atoms with van der Waals surface area (Å²) in [6.45, 7) is 4.27. The minimum absolute atomic E-state index is 1.05. The fourth-order valence-electron chi connectivity index (χ4n) is 3.36. The van der Waals surface area contributed by atoms with Crippen molar-refractivity contribution in [2.75, 3.05) is 10.6 Å². The van der Waals surface area contributed by atoms with Gasteiger partial charge in [0.15, 0.2) is 0 Å². The Bertz CT molecular complexity index is 1080. The monoisotopic (exact) mass is 364 g/mol. The second kappa shape index (κ2) is 8.01. The van der Waals surface area contributed by atoms with Crippen LogP contribution in [0.4, 0.5) is 22.7 Å². The molecule has 138 valence electrons. The molecule has 0 bridgehead atoms. The molecule has 0 fully saturated rings. The molecule has 4 aromatic rings. The maximum atomic E-state index is 3.59. The summed E-state index contributed by atoms with van der Waals surface area (Å²) >= 11 is 0. The number of aryl methyl sites for hydroxylation is 2. The van der Waals surface area contributed by atoms with E-state index in [-0.39, 0.29) is 0 Å². The van der Waals surface area contributed by atoms with Gasteiger partial charge in [-0.05, 0) is 66.4 Å². The van der Waals surface area contributed by atoms with E-state index in [1.807, 2.05) is 18.2 Å². The molecule has 4 aromatic carbocycles. The van der Waals surface area contributed by atoms with Crippen LogP contribution in [0.25, 0.3) is 11.1 Å². The molecule has 0 unspecified atom stereocenters. The van der Waals surface area contributed by atoms with Crippen LogP contribution in [0.2, 0.25) is 0 Å². The Morgan fingerprint density at radius 1 is 0.500 bits per heavy atom. The first-order valence-corrected chi connectivity index (χ1v) is 9.55. The van der Waals surface area contributed by atoms with Crippen LogP contribution in [-0.4, -0.2) is 0 Å². The lowest BCUT2D eigenvalue weighted by Gasteiger charge is -2.17. The Labute approximate surface area is 166 Å². The van der Waals surface area contributed by atoms with Crippen LogP contribution >= 0.6 is 0 Å². The lowest BCUT2D eigenvalue weighted by atomic mass is 9.99. The van der Waals surface area contributed by atoms with Gasteiger partial charge in [0.25, 0.3) is 0 Å². The molecule has 0 amide bonds. The van der Waals surface area contributed by atoms with Crippen LogP contribution in [0.3, 0.4) is 0 Å². The lowest BCUT2D eigenvalue weighted by Crippen LogP contribution is -1.99. The SMILES string of the molecule is Cc1ccccc1Nc1ccc(-c2ccccc2C)cc1Nc1ccccc1. The minimum atomic E-state index is 1.05. The standard InChI is InChI=1S/C26H24N2/c1-19-10-6-8-14-23(19)21-16-17-25(28-24-15-9-7-11-20(24)2)26(18-21)27-22-12-4-3-5-13-22/h3-18,27-28H,1-2H3. The molecular formula is C26H24N2. The quantitative estimate of drug-likeness (QED) is 0.384. The van der Waals surface area contributed by atoms with E-state index >= 15 is 0 Å². The molecule has 0 atom stereocenters. The van der Waals surface area contributed by atoms with Gasteiger partial charge in [-0.1, -0.05) is 66.7 Å². The van der Waals surface area contributed by atoms with E-state index in [4.69, 9.17) is 0 Å². The highest BCUT2D eigenvalue weighted by molar-refractivity contribution is 5.84. The van der Waals surface area contributed by atoms with E-state index in [2.05, 4.69) is 103 Å². The zero-order valence-corrected chi connectivity index (χ0v) is 16.2. The summed E-state index contributed by atoms with van der Waals surface area (Å²) in [5.41, 5.74) is 9.22. The molecule has 0 radical (unpaired) electrons. The smallest absolute Gasteiger partial charge is 0.0629 e. The first-order valence-electron chi connectivity index (χ1n) is 9.55. The summed E-state index contributed by atoms with van der Waals surface area (Å²) < 4.78 is 0. The van der Waals surface area contributed by atoms with Crippen LogP contribution in [0.15, 0.2) is 97.1 Å². The summed E-state index contributed by atoms with van der Waals surface area (Å²) in [6.07, 6.45) is 0. The van der Waals surface area contributed by atoms with E-state index in [0.717, 1.165) is 22.7 Å². The summed E-state index contributed by atoms with van der Waals surface area (Å²) in [4.78, 5) is 0. The largest absolute Gasteiger partial charge is 0.354 e. The molecule has 2 N–H and O–H groups in total. The van der Waals surface area contributed by atoms with E-state index < -0.39 is 0 Å². The van der Waals surface area contributed by atoms with Crippen molar-refractivity contribution in [2.24, 2.45) is 0 Å². The summed E-state index contributed by atoms with van der Waals surface area (Å²) in [6, 6.07) is 33.7. The Kier molecular flexibility index (Phi) is 5.11. The molecule has 0 spiro atoms. The number of hydrogen-bond acceptors (Lipinski definition) is 2. The molecule has 2 nitrogen and oxygen atoms in total. The molecule has 0 aliphatic heterocycles. The fourth-order valence-corrected chi connectivity index (χ4v) is 3.36. The maximum absolute atomic E-state index is 3.59. The Balaban J connectivity index is 1.76. The first kappa shape index (κ1) is 17.9.